The monoisotopic (exact) mass is 389 g/mol. The van der Waals surface area contributed by atoms with Gasteiger partial charge >= 0.3 is 12.0 Å². The number of ether oxygens (including phenoxy) is 1. The molecule has 1 N–H and O–H groups in total. The Bertz CT molecular complexity index is 677. The number of aryl methyl sites for hydroxylation is 1. The van der Waals surface area contributed by atoms with Crippen LogP contribution in [0.5, 0.6) is 0 Å². The molecule has 6 heteroatoms. The molecule has 1 aliphatic carbocycles. The van der Waals surface area contributed by atoms with Gasteiger partial charge in [-0.15, -0.1) is 0 Å². The summed E-state index contributed by atoms with van der Waals surface area (Å²) in [6.45, 7) is 8.93. The van der Waals surface area contributed by atoms with E-state index in [9.17, 15) is 9.59 Å². The number of aromatic nitrogens is 1. The van der Waals surface area contributed by atoms with Gasteiger partial charge < -0.3 is 19.5 Å². The van der Waals surface area contributed by atoms with Gasteiger partial charge in [-0.05, 0) is 64.0 Å². The zero-order chi connectivity index (χ0) is 20.1. The summed E-state index contributed by atoms with van der Waals surface area (Å²) >= 11 is 0. The molecule has 2 aliphatic rings. The van der Waals surface area contributed by atoms with Gasteiger partial charge in [0, 0.05) is 31.0 Å². The van der Waals surface area contributed by atoms with Gasteiger partial charge in [-0.1, -0.05) is 13.3 Å². The summed E-state index contributed by atoms with van der Waals surface area (Å²) in [6.07, 6.45) is 5.73. The maximum absolute atomic E-state index is 12.9. The Morgan fingerprint density at radius 1 is 1.14 bits per heavy atom. The summed E-state index contributed by atoms with van der Waals surface area (Å²) in [4.78, 5) is 26.8. The number of urea groups is 1. The van der Waals surface area contributed by atoms with Crippen LogP contribution in [0.3, 0.4) is 0 Å². The molecule has 0 spiro atoms. The molecular weight excluding hydrogens is 354 g/mol. The van der Waals surface area contributed by atoms with Crippen molar-refractivity contribution in [1.29, 1.82) is 0 Å². The largest absolute Gasteiger partial charge is 0.466 e. The Hall–Kier alpha value is -1.98. The van der Waals surface area contributed by atoms with Crippen molar-refractivity contribution in [1.82, 2.24) is 14.8 Å². The first-order chi connectivity index (χ1) is 13.5. The van der Waals surface area contributed by atoms with Crippen molar-refractivity contribution in [2.24, 2.45) is 11.8 Å². The number of hydrogen-bond donors (Lipinski definition) is 1. The van der Waals surface area contributed by atoms with E-state index < -0.39 is 0 Å². The van der Waals surface area contributed by atoms with Crippen molar-refractivity contribution in [2.45, 2.75) is 71.9 Å². The van der Waals surface area contributed by atoms with Crippen LogP contribution >= 0.6 is 0 Å². The number of carbonyl (C=O) groups excluding carboxylic acids is 2. The van der Waals surface area contributed by atoms with Gasteiger partial charge in [0.1, 0.15) is 0 Å². The second-order valence-corrected chi connectivity index (χ2v) is 8.20. The van der Waals surface area contributed by atoms with E-state index in [0.29, 0.717) is 19.1 Å². The molecule has 1 fully saturated rings. The van der Waals surface area contributed by atoms with Gasteiger partial charge in [-0.2, -0.15) is 0 Å². The van der Waals surface area contributed by atoms with E-state index in [1.165, 1.54) is 11.4 Å². The number of hydrogen-bond acceptors (Lipinski definition) is 3. The lowest BCUT2D eigenvalue weighted by molar-refractivity contribution is -0.149. The quantitative estimate of drug-likeness (QED) is 0.747. The van der Waals surface area contributed by atoms with Crippen LogP contribution in [-0.4, -0.2) is 41.2 Å². The fraction of sp³-hybridized carbons (Fsp3) is 0.727. The lowest BCUT2D eigenvalue weighted by atomic mass is 9.82. The van der Waals surface area contributed by atoms with Crippen LogP contribution in [0.15, 0.2) is 12.1 Å². The number of nitrogens with zero attached hydrogens (tertiary/aromatic N) is 2. The second-order valence-electron chi connectivity index (χ2n) is 8.20. The van der Waals surface area contributed by atoms with E-state index in [1.54, 1.807) is 0 Å². The molecule has 0 radical (unpaired) electrons. The van der Waals surface area contributed by atoms with Crippen LogP contribution in [0.25, 0.3) is 0 Å². The fourth-order valence-electron chi connectivity index (χ4n) is 4.73. The first-order valence-corrected chi connectivity index (χ1v) is 10.9. The van der Waals surface area contributed by atoms with Crippen molar-refractivity contribution in [3.8, 4) is 0 Å². The fourth-order valence-corrected chi connectivity index (χ4v) is 4.73. The van der Waals surface area contributed by atoms with Crippen LogP contribution < -0.4 is 5.32 Å². The van der Waals surface area contributed by atoms with Gasteiger partial charge in [-0.25, -0.2) is 4.79 Å². The molecule has 1 atom stereocenters. The standard InChI is InChI=1S/C22H35N3O3/c1-4-6-19-20-12-7-16(3)24(20)13-14-25(19)22(27)23-15-17-8-10-18(11-9-17)21(26)28-5-2/h7,12,17-19H,4-6,8-11,13-15H2,1-3H3,(H,23,27)/t17?,18?,19-/m1/s1. The van der Waals surface area contributed by atoms with E-state index in [-0.39, 0.29) is 24.0 Å². The maximum atomic E-state index is 12.9. The van der Waals surface area contributed by atoms with Crippen molar-refractivity contribution in [2.75, 3.05) is 19.7 Å². The first-order valence-electron chi connectivity index (χ1n) is 10.9. The second kappa shape index (κ2) is 9.48. The third-order valence-corrected chi connectivity index (χ3v) is 6.35. The topological polar surface area (TPSA) is 63.6 Å². The molecule has 3 rings (SSSR count). The van der Waals surface area contributed by atoms with Crippen molar-refractivity contribution >= 4 is 12.0 Å². The average molecular weight is 390 g/mol. The molecule has 6 nitrogen and oxygen atoms in total. The highest BCUT2D eigenvalue weighted by molar-refractivity contribution is 5.75. The molecule has 2 amide bonds. The number of rotatable bonds is 6. The molecule has 0 unspecified atom stereocenters. The number of carbonyl (C=O) groups is 2. The highest BCUT2D eigenvalue weighted by atomic mass is 16.5. The number of esters is 1. The van der Waals surface area contributed by atoms with E-state index in [4.69, 9.17) is 4.74 Å². The minimum atomic E-state index is -0.0565. The van der Waals surface area contributed by atoms with Crippen LogP contribution in [0.4, 0.5) is 4.79 Å². The average Bonchev–Trinajstić information content (AvgIpc) is 3.08. The molecule has 0 bridgehead atoms. The molecule has 28 heavy (non-hydrogen) atoms. The third-order valence-electron chi connectivity index (χ3n) is 6.35. The third kappa shape index (κ3) is 4.53. The molecular formula is C22H35N3O3. The van der Waals surface area contributed by atoms with Crippen LogP contribution in [-0.2, 0) is 16.1 Å². The van der Waals surface area contributed by atoms with Gasteiger partial charge in [0.05, 0.1) is 18.6 Å². The summed E-state index contributed by atoms with van der Waals surface area (Å²) < 4.78 is 7.49. The molecule has 0 aromatic carbocycles. The smallest absolute Gasteiger partial charge is 0.318 e. The van der Waals surface area contributed by atoms with Crippen LogP contribution in [0, 0.1) is 18.8 Å². The molecule has 1 saturated carbocycles. The molecule has 1 aliphatic heterocycles. The summed E-state index contributed by atoms with van der Waals surface area (Å²) in [6, 6.07) is 4.54. The summed E-state index contributed by atoms with van der Waals surface area (Å²) in [5.74, 6) is 0.438. The summed E-state index contributed by atoms with van der Waals surface area (Å²) in [5, 5.41) is 3.18. The zero-order valence-electron chi connectivity index (χ0n) is 17.6. The van der Waals surface area contributed by atoms with Gasteiger partial charge in [0.2, 0.25) is 0 Å². The predicted molar refractivity (Wildman–Crippen MR) is 109 cm³/mol. The normalized spacial score (nSPS) is 24.5. The molecule has 156 valence electrons. The Kier molecular flexibility index (Phi) is 7.03. The highest BCUT2D eigenvalue weighted by Crippen LogP contribution is 2.32. The number of fused-ring (bicyclic) bond motifs is 1. The van der Waals surface area contributed by atoms with Gasteiger partial charge in [-0.3, -0.25) is 4.79 Å². The minimum absolute atomic E-state index is 0.0407. The van der Waals surface area contributed by atoms with E-state index >= 15 is 0 Å². The lowest BCUT2D eigenvalue weighted by Gasteiger charge is -2.38. The Balaban J connectivity index is 1.52. The predicted octanol–water partition coefficient (Wildman–Crippen LogP) is 4.03. The minimum Gasteiger partial charge on any atom is -0.466 e. The van der Waals surface area contributed by atoms with E-state index in [0.717, 1.165) is 51.6 Å². The van der Waals surface area contributed by atoms with Crippen molar-refractivity contribution in [3.05, 3.63) is 23.5 Å². The van der Waals surface area contributed by atoms with Crippen LogP contribution in [0.2, 0.25) is 0 Å². The molecule has 1 aromatic rings. The Morgan fingerprint density at radius 2 is 1.89 bits per heavy atom. The first kappa shape index (κ1) is 20.7. The number of amides is 2. The molecule has 0 saturated heterocycles. The molecule has 2 heterocycles. The maximum Gasteiger partial charge on any atom is 0.318 e. The van der Waals surface area contributed by atoms with E-state index in [2.05, 4.69) is 35.9 Å². The van der Waals surface area contributed by atoms with Gasteiger partial charge in [0.25, 0.3) is 0 Å². The van der Waals surface area contributed by atoms with Crippen molar-refractivity contribution < 1.29 is 14.3 Å². The highest BCUT2D eigenvalue weighted by Gasteiger charge is 2.32. The summed E-state index contributed by atoms with van der Waals surface area (Å²) in [7, 11) is 0. The Morgan fingerprint density at radius 3 is 2.57 bits per heavy atom. The number of nitrogens with one attached hydrogen (secondary N) is 1. The molecule has 1 aromatic heterocycles. The zero-order valence-corrected chi connectivity index (χ0v) is 17.6. The van der Waals surface area contributed by atoms with E-state index in [1.807, 2.05) is 11.8 Å². The SMILES string of the molecule is CCC[C@@H]1c2ccc(C)n2CCN1C(=O)NCC1CCC(C(=O)OCC)CC1. The summed E-state index contributed by atoms with van der Waals surface area (Å²) in [5.41, 5.74) is 2.53. The van der Waals surface area contributed by atoms with Gasteiger partial charge in [0.15, 0.2) is 0 Å². The Labute approximate surface area is 168 Å². The van der Waals surface area contributed by atoms with Crippen molar-refractivity contribution in [3.63, 3.8) is 0 Å². The lowest BCUT2D eigenvalue weighted by Crippen LogP contribution is -2.48. The van der Waals surface area contributed by atoms with Crippen LogP contribution in [0.1, 0.15) is 69.8 Å².